The molecule has 2 aromatic heterocycles. The van der Waals surface area contributed by atoms with Gasteiger partial charge in [0.1, 0.15) is 0 Å². The molecular formula is C10H10N4O. The number of rotatable bonds is 2. The molecule has 76 valence electrons. The number of aromatic nitrogens is 3. The van der Waals surface area contributed by atoms with E-state index in [4.69, 9.17) is 10.5 Å². The summed E-state index contributed by atoms with van der Waals surface area (Å²) in [7, 11) is 1.57. The Bertz CT molecular complexity index is 472. The quantitative estimate of drug-likeness (QED) is 0.790. The lowest BCUT2D eigenvalue weighted by Gasteiger charge is -2.05. The van der Waals surface area contributed by atoms with Crippen LogP contribution in [0.2, 0.25) is 0 Å². The number of pyridine rings is 1. The lowest BCUT2D eigenvalue weighted by Crippen LogP contribution is -1.97. The van der Waals surface area contributed by atoms with Crippen molar-refractivity contribution < 1.29 is 4.74 Å². The molecule has 2 aromatic rings. The molecule has 0 aliphatic rings. The van der Waals surface area contributed by atoms with Gasteiger partial charge in [0, 0.05) is 12.4 Å². The first-order valence-corrected chi connectivity index (χ1v) is 4.39. The van der Waals surface area contributed by atoms with Crippen LogP contribution in [0.25, 0.3) is 11.3 Å². The molecule has 2 rings (SSSR count). The minimum atomic E-state index is 0.235. The fourth-order valence-electron chi connectivity index (χ4n) is 1.27. The van der Waals surface area contributed by atoms with Crippen molar-refractivity contribution in [3.05, 3.63) is 30.6 Å². The van der Waals surface area contributed by atoms with Crippen LogP contribution in [0.5, 0.6) is 5.88 Å². The number of anilines is 1. The van der Waals surface area contributed by atoms with Gasteiger partial charge in [0.05, 0.1) is 18.4 Å². The highest BCUT2D eigenvalue weighted by Crippen LogP contribution is 2.25. The van der Waals surface area contributed by atoms with Gasteiger partial charge in [0.15, 0.2) is 0 Å². The van der Waals surface area contributed by atoms with Gasteiger partial charge >= 0.3 is 0 Å². The van der Waals surface area contributed by atoms with Crippen molar-refractivity contribution in [2.24, 2.45) is 0 Å². The van der Waals surface area contributed by atoms with Crippen LogP contribution in [0.3, 0.4) is 0 Å². The van der Waals surface area contributed by atoms with Crippen LogP contribution >= 0.6 is 0 Å². The molecule has 0 atom stereocenters. The molecule has 0 spiro atoms. The van der Waals surface area contributed by atoms with Crippen LogP contribution < -0.4 is 10.5 Å². The molecule has 0 radical (unpaired) electrons. The molecule has 0 amide bonds. The monoisotopic (exact) mass is 202 g/mol. The maximum atomic E-state index is 5.50. The van der Waals surface area contributed by atoms with Gasteiger partial charge in [-0.05, 0) is 18.2 Å². The van der Waals surface area contributed by atoms with E-state index in [2.05, 4.69) is 15.0 Å². The summed E-state index contributed by atoms with van der Waals surface area (Å²) in [6, 6.07) is 5.44. The topological polar surface area (TPSA) is 73.9 Å². The maximum Gasteiger partial charge on any atom is 0.222 e. The van der Waals surface area contributed by atoms with Gasteiger partial charge in [-0.1, -0.05) is 0 Å². The van der Waals surface area contributed by atoms with Crippen LogP contribution in [-0.4, -0.2) is 22.1 Å². The minimum Gasteiger partial charge on any atom is -0.481 e. The second-order valence-corrected chi connectivity index (χ2v) is 2.86. The summed E-state index contributed by atoms with van der Waals surface area (Å²) < 4.78 is 5.13. The molecule has 0 saturated heterocycles. The molecule has 0 saturated carbocycles. The lowest BCUT2D eigenvalue weighted by molar-refractivity contribution is 0.399. The van der Waals surface area contributed by atoms with Gasteiger partial charge in [0.2, 0.25) is 11.8 Å². The van der Waals surface area contributed by atoms with Crippen molar-refractivity contribution in [2.75, 3.05) is 12.8 Å². The van der Waals surface area contributed by atoms with Crippen molar-refractivity contribution in [3.63, 3.8) is 0 Å². The molecule has 0 unspecified atom stereocenters. The highest BCUT2D eigenvalue weighted by Gasteiger charge is 2.07. The number of hydrogen-bond donors (Lipinski definition) is 1. The van der Waals surface area contributed by atoms with Crippen molar-refractivity contribution in [2.45, 2.75) is 0 Å². The molecule has 15 heavy (non-hydrogen) atoms. The molecule has 2 N–H and O–H groups in total. The SMILES string of the molecule is COc1ncccc1-c1ccnc(N)n1. The summed E-state index contributed by atoms with van der Waals surface area (Å²) in [5.74, 6) is 0.758. The normalized spacial score (nSPS) is 9.93. The molecule has 5 nitrogen and oxygen atoms in total. The van der Waals surface area contributed by atoms with Gasteiger partial charge in [0.25, 0.3) is 0 Å². The van der Waals surface area contributed by atoms with Gasteiger partial charge in [-0.15, -0.1) is 0 Å². The Kier molecular flexibility index (Phi) is 2.45. The standard InChI is InChI=1S/C10H10N4O/c1-15-9-7(3-2-5-12-9)8-4-6-13-10(11)14-8/h2-6H,1H3,(H2,11,13,14). The highest BCUT2D eigenvalue weighted by atomic mass is 16.5. The van der Waals surface area contributed by atoms with Crippen LogP contribution in [0.4, 0.5) is 5.95 Å². The van der Waals surface area contributed by atoms with Gasteiger partial charge < -0.3 is 10.5 Å². The second-order valence-electron chi connectivity index (χ2n) is 2.86. The van der Waals surface area contributed by atoms with Gasteiger partial charge in [-0.3, -0.25) is 0 Å². The zero-order valence-corrected chi connectivity index (χ0v) is 8.21. The molecule has 2 heterocycles. The van der Waals surface area contributed by atoms with E-state index < -0.39 is 0 Å². The first-order valence-electron chi connectivity index (χ1n) is 4.39. The number of nitrogens with two attached hydrogens (primary N) is 1. The third kappa shape index (κ3) is 1.85. The van der Waals surface area contributed by atoms with Crippen molar-refractivity contribution in [1.29, 1.82) is 0 Å². The maximum absolute atomic E-state index is 5.50. The summed E-state index contributed by atoms with van der Waals surface area (Å²) in [5.41, 5.74) is 7.01. The molecule has 0 aliphatic carbocycles. The predicted octanol–water partition coefficient (Wildman–Crippen LogP) is 1.13. The number of hydrogen-bond acceptors (Lipinski definition) is 5. The Hall–Kier alpha value is -2.17. The Balaban J connectivity index is 2.53. The summed E-state index contributed by atoms with van der Waals surface area (Å²) in [5, 5.41) is 0. The highest BCUT2D eigenvalue weighted by molar-refractivity contribution is 5.65. The summed E-state index contributed by atoms with van der Waals surface area (Å²) in [6.07, 6.45) is 3.26. The zero-order chi connectivity index (χ0) is 10.7. The van der Waals surface area contributed by atoms with Gasteiger partial charge in [-0.2, -0.15) is 0 Å². The fraction of sp³-hybridized carbons (Fsp3) is 0.100. The average Bonchev–Trinajstić information content (AvgIpc) is 2.29. The molecule has 0 fully saturated rings. The fourth-order valence-corrected chi connectivity index (χ4v) is 1.27. The van der Waals surface area contributed by atoms with Crippen molar-refractivity contribution in [1.82, 2.24) is 15.0 Å². The third-order valence-electron chi connectivity index (χ3n) is 1.91. The Morgan fingerprint density at radius 1 is 1.20 bits per heavy atom. The number of methoxy groups -OCH3 is 1. The summed E-state index contributed by atoms with van der Waals surface area (Å²) >= 11 is 0. The largest absolute Gasteiger partial charge is 0.481 e. The second kappa shape index (κ2) is 3.91. The van der Waals surface area contributed by atoms with E-state index in [-0.39, 0.29) is 5.95 Å². The molecular weight excluding hydrogens is 192 g/mol. The number of nitrogen functional groups attached to an aromatic ring is 1. The molecule has 0 aliphatic heterocycles. The minimum absolute atomic E-state index is 0.235. The van der Waals surface area contributed by atoms with Crippen molar-refractivity contribution >= 4 is 5.95 Å². The molecule has 0 bridgehead atoms. The Labute approximate surface area is 87.0 Å². The van der Waals surface area contributed by atoms with Crippen LogP contribution in [0, 0.1) is 0 Å². The smallest absolute Gasteiger partial charge is 0.222 e. The van der Waals surface area contributed by atoms with E-state index in [1.807, 2.05) is 12.1 Å². The first-order chi connectivity index (χ1) is 7.31. The third-order valence-corrected chi connectivity index (χ3v) is 1.91. The van der Waals surface area contributed by atoms with E-state index >= 15 is 0 Å². The lowest BCUT2D eigenvalue weighted by atomic mass is 10.2. The van der Waals surface area contributed by atoms with E-state index in [9.17, 15) is 0 Å². The van der Waals surface area contributed by atoms with E-state index in [1.54, 1.807) is 25.6 Å². The van der Waals surface area contributed by atoms with Crippen LogP contribution in [-0.2, 0) is 0 Å². The molecule has 5 heteroatoms. The average molecular weight is 202 g/mol. The first kappa shape index (κ1) is 9.39. The Morgan fingerprint density at radius 2 is 2.07 bits per heavy atom. The Morgan fingerprint density at radius 3 is 2.80 bits per heavy atom. The van der Waals surface area contributed by atoms with E-state index in [0.717, 1.165) is 5.56 Å². The zero-order valence-electron chi connectivity index (χ0n) is 8.21. The van der Waals surface area contributed by atoms with Crippen LogP contribution in [0.15, 0.2) is 30.6 Å². The van der Waals surface area contributed by atoms with E-state index in [1.165, 1.54) is 0 Å². The van der Waals surface area contributed by atoms with E-state index in [0.29, 0.717) is 11.6 Å². The molecule has 0 aromatic carbocycles. The van der Waals surface area contributed by atoms with Gasteiger partial charge in [-0.25, -0.2) is 15.0 Å². The van der Waals surface area contributed by atoms with Crippen molar-refractivity contribution in [3.8, 4) is 17.1 Å². The summed E-state index contributed by atoms with van der Waals surface area (Å²) in [4.78, 5) is 12.0. The summed E-state index contributed by atoms with van der Waals surface area (Å²) in [6.45, 7) is 0. The number of ether oxygens (including phenoxy) is 1. The predicted molar refractivity (Wildman–Crippen MR) is 56.2 cm³/mol. The van der Waals surface area contributed by atoms with Crippen LogP contribution in [0.1, 0.15) is 0 Å². The number of nitrogens with zero attached hydrogens (tertiary/aromatic N) is 3.